The number of aliphatic carboxylic acids is 1. The van der Waals surface area contributed by atoms with Gasteiger partial charge in [-0.3, -0.25) is 19.5 Å². The van der Waals surface area contributed by atoms with E-state index in [1.54, 1.807) is 25.1 Å². The molecule has 0 saturated heterocycles. The van der Waals surface area contributed by atoms with E-state index in [-0.39, 0.29) is 17.1 Å². The average Bonchev–Trinajstić information content (AvgIpc) is 3.04. The van der Waals surface area contributed by atoms with Crippen LogP contribution in [0.3, 0.4) is 0 Å². The monoisotopic (exact) mass is 376 g/mol. The molecule has 0 unspecified atom stereocenters. The van der Waals surface area contributed by atoms with Gasteiger partial charge in [0.15, 0.2) is 5.65 Å². The molecular formula is C16H13ClN4O5. The van der Waals surface area contributed by atoms with Gasteiger partial charge in [0.2, 0.25) is 11.3 Å². The van der Waals surface area contributed by atoms with Crippen LogP contribution in [-0.2, 0) is 4.79 Å². The predicted molar refractivity (Wildman–Crippen MR) is 92.0 cm³/mol. The third-order valence-corrected chi connectivity index (χ3v) is 3.74. The fourth-order valence-electron chi connectivity index (χ4n) is 2.34. The number of amides is 1. The van der Waals surface area contributed by atoms with Gasteiger partial charge in [-0.25, -0.2) is 9.50 Å². The highest BCUT2D eigenvalue weighted by Gasteiger charge is 2.20. The average molecular weight is 377 g/mol. The van der Waals surface area contributed by atoms with Gasteiger partial charge in [0.05, 0.1) is 0 Å². The summed E-state index contributed by atoms with van der Waals surface area (Å²) in [5.74, 6) is -1.48. The summed E-state index contributed by atoms with van der Waals surface area (Å²) in [4.78, 5) is 39.1. The molecule has 0 aliphatic heterocycles. The molecule has 1 aromatic carbocycles. The van der Waals surface area contributed by atoms with E-state index < -0.39 is 23.9 Å². The molecule has 134 valence electrons. The van der Waals surface area contributed by atoms with Crippen molar-refractivity contribution in [2.24, 2.45) is 0 Å². The number of pyridine rings is 1. The minimum atomic E-state index is -1.23. The number of aromatic nitrogens is 3. The van der Waals surface area contributed by atoms with E-state index in [0.717, 1.165) is 11.6 Å². The molecule has 2 heterocycles. The number of hydrogen-bond donors (Lipinski definition) is 3. The van der Waals surface area contributed by atoms with Crippen molar-refractivity contribution in [3.63, 3.8) is 0 Å². The molecule has 3 aromatic rings. The molecule has 2 aromatic heterocycles. The Hall–Kier alpha value is -3.33. The number of carboxylic acids is 1. The highest BCUT2D eigenvalue weighted by molar-refractivity contribution is 6.30. The SMILES string of the molecule is Cc1cc(Cl)ccc1Oc1cc(=O)c(C(=O)NCC(=O)O)c2nc[nH]n12. The number of benzene rings is 1. The Morgan fingerprint density at radius 2 is 2.15 bits per heavy atom. The molecule has 0 fully saturated rings. The first kappa shape index (κ1) is 17.5. The number of hydrogen-bond acceptors (Lipinski definition) is 5. The van der Waals surface area contributed by atoms with Crippen LogP contribution in [0.5, 0.6) is 11.6 Å². The Morgan fingerprint density at radius 1 is 1.38 bits per heavy atom. The maximum atomic E-state index is 12.4. The second-order valence-corrected chi connectivity index (χ2v) is 5.79. The van der Waals surface area contributed by atoms with Gasteiger partial charge >= 0.3 is 5.97 Å². The number of H-pyrrole nitrogens is 1. The molecule has 1 amide bonds. The molecule has 0 aliphatic carbocycles. The van der Waals surface area contributed by atoms with Crippen LogP contribution >= 0.6 is 11.6 Å². The lowest BCUT2D eigenvalue weighted by Gasteiger charge is -2.11. The molecule has 9 nitrogen and oxygen atoms in total. The topological polar surface area (TPSA) is 126 Å². The zero-order chi connectivity index (χ0) is 18.8. The highest BCUT2D eigenvalue weighted by Crippen LogP contribution is 2.27. The van der Waals surface area contributed by atoms with Crippen molar-refractivity contribution in [2.75, 3.05) is 6.54 Å². The lowest BCUT2D eigenvalue weighted by atomic mass is 10.2. The third kappa shape index (κ3) is 3.38. The maximum absolute atomic E-state index is 12.4. The molecule has 3 N–H and O–H groups in total. The Morgan fingerprint density at radius 3 is 2.85 bits per heavy atom. The van der Waals surface area contributed by atoms with Gasteiger partial charge in [-0.05, 0) is 30.7 Å². The number of nitrogens with zero attached hydrogens (tertiary/aromatic N) is 2. The number of rotatable bonds is 5. The van der Waals surface area contributed by atoms with Crippen molar-refractivity contribution in [3.8, 4) is 11.6 Å². The van der Waals surface area contributed by atoms with E-state index in [4.69, 9.17) is 21.4 Å². The number of ether oxygens (including phenoxy) is 1. The molecule has 3 rings (SSSR count). The lowest BCUT2D eigenvalue weighted by Crippen LogP contribution is -2.33. The van der Waals surface area contributed by atoms with E-state index in [1.165, 1.54) is 10.8 Å². The maximum Gasteiger partial charge on any atom is 0.322 e. The van der Waals surface area contributed by atoms with Crippen LogP contribution in [0, 0.1) is 6.92 Å². The predicted octanol–water partition coefficient (Wildman–Crippen LogP) is 1.59. The van der Waals surface area contributed by atoms with E-state index in [1.807, 2.05) is 0 Å². The quantitative estimate of drug-likeness (QED) is 0.620. The van der Waals surface area contributed by atoms with Gasteiger partial charge in [-0.2, -0.15) is 0 Å². The zero-order valence-corrected chi connectivity index (χ0v) is 14.2. The van der Waals surface area contributed by atoms with Crippen LogP contribution in [-0.4, -0.2) is 38.1 Å². The van der Waals surface area contributed by atoms with Crippen LogP contribution in [0.2, 0.25) is 5.02 Å². The van der Waals surface area contributed by atoms with Crippen molar-refractivity contribution in [1.29, 1.82) is 0 Å². The first-order valence-corrected chi connectivity index (χ1v) is 7.77. The van der Waals surface area contributed by atoms with Crippen LogP contribution in [0.25, 0.3) is 5.65 Å². The van der Waals surface area contributed by atoms with Gasteiger partial charge in [0.1, 0.15) is 24.2 Å². The molecule has 26 heavy (non-hydrogen) atoms. The molecule has 0 radical (unpaired) electrons. The summed E-state index contributed by atoms with van der Waals surface area (Å²) in [6.07, 6.45) is 1.28. The lowest BCUT2D eigenvalue weighted by molar-refractivity contribution is -0.135. The van der Waals surface area contributed by atoms with E-state index in [0.29, 0.717) is 10.8 Å². The fraction of sp³-hybridized carbons (Fsp3) is 0.125. The van der Waals surface area contributed by atoms with Gasteiger partial charge < -0.3 is 15.2 Å². The number of aryl methyl sites for hydroxylation is 1. The summed E-state index contributed by atoms with van der Waals surface area (Å²) < 4.78 is 7.07. The summed E-state index contributed by atoms with van der Waals surface area (Å²) in [5.41, 5.74) is -0.169. The van der Waals surface area contributed by atoms with Crippen molar-refractivity contribution < 1.29 is 19.4 Å². The van der Waals surface area contributed by atoms with Crippen LogP contribution in [0.15, 0.2) is 35.4 Å². The number of carboxylic acid groups (broad SMARTS) is 1. The van der Waals surface area contributed by atoms with E-state index >= 15 is 0 Å². The zero-order valence-electron chi connectivity index (χ0n) is 13.4. The Kier molecular flexibility index (Phi) is 4.63. The van der Waals surface area contributed by atoms with Gasteiger partial charge in [0.25, 0.3) is 5.91 Å². The molecule has 0 bridgehead atoms. The minimum absolute atomic E-state index is 0.0157. The summed E-state index contributed by atoms with van der Waals surface area (Å²) in [5, 5.41) is 14.1. The Balaban J connectivity index is 2.03. The number of fused-ring (bicyclic) bond motifs is 1. The Bertz CT molecular complexity index is 1070. The molecule has 0 aliphatic rings. The van der Waals surface area contributed by atoms with Crippen molar-refractivity contribution in [2.45, 2.75) is 6.92 Å². The van der Waals surface area contributed by atoms with Gasteiger partial charge in [-0.1, -0.05) is 11.6 Å². The van der Waals surface area contributed by atoms with Crippen LogP contribution in [0.1, 0.15) is 15.9 Å². The number of nitrogens with one attached hydrogen (secondary N) is 2. The second kappa shape index (κ2) is 6.89. The fourth-order valence-corrected chi connectivity index (χ4v) is 2.57. The molecule has 0 spiro atoms. The number of carbonyl (C=O) groups is 2. The molecule has 0 atom stereocenters. The van der Waals surface area contributed by atoms with Crippen molar-refractivity contribution in [1.82, 2.24) is 19.9 Å². The molecule has 0 saturated carbocycles. The van der Waals surface area contributed by atoms with Gasteiger partial charge in [0, 0.05) is 11.1 Å². The van der Waals surface area contributed by atoms with E-state index in [9.17, 15) is 14.4 Å². The minimum Gasteiger partial charge on any atom is -0.480 e. The number of halogens is 1. The molecule has 10 heteroatoms. The summed E-state index contributed by atoms with van der Waals surface area (Å²) >= 11 is 5.92. The second-order valence-electron chi connectivity index (χ2n) is 5.36. The standard InChI is InChI=1S/C16H13ClN4O5/c1-8-4-9(17)2-3-11(8)26-12-5-10(22)14(15-19-7-20-21(12)15)16(25)18-6-13(23)24/h2-5,7H,6H2,1H3,(H,18,25)(H,19,20)(H,23,24). The Labute approximate surface area is 151 Å². The van der Waals surface area contributed by atoms with Gasteiger partial charge in [-0.15, -0.1) is 0 Å². The first-order chi connectivity index (χ1) is 12.4. The number of aromatic amines is 1. The normalized spacial score (nSPS) is 10.7. The number of carbonyl (C=O) groups excluding carboxylic acids is 1. The highest BCUT2D eigenvalue weighted by atomic mass is 35.5. The van der Waals surface area contributed by atoms with Crippen LogP contribution in [0.4, 0.5) is 0 Å². The van der Waals surface area contributed by atoms with E-state index in [2.05, 4.69) is 15.4 Å². The summed E-state index contributed by atoms with van der Waals surface area (Å²) in [7, 11) is 0. The largest absolute Gasteiger partial charge is 0.480 e. The molecular weight excluding hydrogens is 364 g/mol. The first-order valence-electron chi connectivity index (χ1n) is 7.40. The van der Waals surface area contributed by atoms with Crippen molar-refractivity contribution >= 4 is 29.1 Å². The van der Waals surface area contributed by atoms with Crippen LogP contribution < -0.4 is 15.5 Å². The van der Waals surface area contributed by atoms with Crippen molar-refractivity contribution in [3.05, 3.63) is 57.0 Å². The third-order valence-electron chi connectivity index (χ3n) is 3.51. The smallest absolute Gasteiger partial charge is 0.322 e. The summed E-state index contributed by atoms with van der Waals surface area (Å²) in [6.45, 7) is 1.18. The summed E-state index contributed by atoms with van der Waals surface area (Å²) in [6, 6.07) is 6.12.